The lowest BCUT2D eigenvalue weighted by molar-refractivity contribution is -0.132. The summed E-state index contributed by atoms with van der Waals surface area (Å²) in [7, 11) is 3.04. The molecule has 11 N–H and O–H groups in total. The Kier molecular flexibility index (Phi) is 18.4. The van der Waals surface area contributed by atoms with Gasteiger partial charge in [0.15, 0.2) is 17.5 Å². The summed E-state index contributed by atoms with van der Waals surface area (Å²) < 4.78 is 10.5. The van der Waals surface area contributed by atoms with Crippen molar-refractivity contribution in [3.63, 3.8) is 0 Å². The summed E-state index contributed by atoms with van der Waals surface area (Å²) in [5, 5.41) is 8.16. The second kappa shape index (κ2) is 21.5. The molecule has 43 heavy (non-hydrogen) atoms. The van der Waals surface area contributed by atoms with Crippen molar-refractivity contribution in [2.45, 2.75) is 69.5 Å². The van der Waals surface area contributed by atoms with Gasteiger partial charge in [0.05, 0.1) is 20.3 Å². The first-order valence-electron chi connectivity index (χ1n) is 14.4. The van der Waals surface area contributed by atoms with E-state index in [1.54, 1.807) is 24.3 Å². The van der Waals surface area contributed by atoms with Gasteiger partial charge in [0, 0.05) is 12.6 Å². The van der Waals surface area contributed by atoms with Gasteiger partial charge in [0.1, 0.15) is 18.4 Å². The van der Waals surface area contributed by atoms with Crippen LogP contribution in [0.3, 0.4) is 0 Å². The van der Waals surface area contributed by atoms with Crippen molar-refractivity contribution in [3.8, 4) is 11.5 Å². The molecule has 0 aliphatic carbocycles. The first-order valence-corrected chi connectivity index (χ1v) is 14.4. The van der Waals surface area contributed by atoms with Crippen LogP contribution in [0.4, 0.5) is 0 Å². The predicted molar refractivity (Wildman–Crippen MR) is 166 cm³/mol. The van der Waals surface area contributed by atoms with Crippen LogP contribution < -0.4 is 48.4 Å². The van der Waals surface area contributed by atoms with Gasteiger partial charge in [-0.3, -0.25) is 19.4 Å². The number of nitrogens with one attached hydrogen (secondary N) is 3. The topological polar surface area (TPSA) is 239 Å². The number of methoxy groups -OCH3 is 2. The van der Waals surface area contributed by atoms with Crippen molar-refractivity contribution >= 4 is 36.0 Å². The van der Waals surface area contributed by atoms with Crippen molar-refractivity contribution in [3.05, 3.63) is 29.8 Å². The minimum atomic E-state index is -0.935. The Bertz CT molecular complexity index is 1080. The fraction of sp³-hybridized carbons (Fsp3) is 0.552. The quantitative estimate of drug-likeness (QED) is 0.0299. The number of rotatable bonds is 22. The Hall–Kier alpha value is -4.17. The lowest BCUT2D eigenvalue weighted by Crippen LogP contribution is -2.55. The zero-order valence-corrected chi connectivity index (χ0v) is 25.2. The Morgan fingerprint density at radius 3 is 2.00 bits per heavy atom. The second-order valence-electron chi connectivity index (χ2n) is 9.84. The molecular weight excluding hydrogens is 556 g/mol. The number of hydrogen-bond donors (Lipinski definition) is 7. The van der Waals surface area contributed by atoms with E-state index >= 15 is 0 Å². The summed E-state index contributed by atoms with van der Waals surface area (Å²) in [5.41, 5.74) is 22.6. The number of aldehydes is 1. The molecule has 0 spiro atoms. The van der Waals surface area contributed by atoms with Crippen LogP contribution in [0.1, 0.15) is 56.9 Å². The predicted octanol–water partition coefficient (Wildman–Crippen LogP) is -0.318. The minimum absolute atomic E-state index is 0.0565. The highest BCUT2D eigenvalue weighted by Crippen LogP contribution is 2.27. The molecule has 240 valence electrons. The number of hydrogen-bond acceptors (Lipinski definition) is 9. The van der Waals surface area contributed by atoms with E-state index in [4.69, 9.17) is 32.4 Å². The van der Waals surface area contributed by atoms with Crippen LogP contribution in [-0.4, -0.2) is 81.9 Å². The smallest absolute Gasteiger partial charge is 0.244 e. The Morgan fingerprint density at radius 1 is 0.837 bits per heavy atom. The van der Waals surface area contributed by atoms with Gasteiger partial charge in [-0.25, -0.2) is 0 Å². The molecule has 0 unspecified atom stereocenters. The van der Waals surface area contributed by atoms with Gasteiger partial charge in [-0.15, -0.1) is 0 Å². The summed E-state index contributed by atoms with van der Waals surface area (Å²) >= 11 is 0. The first kappa shape index (κ1) is 36.9. The number of benzene rings is 1. The molecule has 0 aliphatic heterocycles. The molecule has 1 aromatic rings. The monoisotopic (exact) mass is 604 g/mol. The zero-order valence-electron chi connectivity index (χ0n) is 25.2. The molecule has 14 nitrogen and oxygen atoms in total. The highest BCUT2D eigenvalue weighted by atomic mass is 16.5. The molecule has 1 rings (SSSR count). The number of nitrogens with zero attached hydrogens (tertiary/aromatic N) is 1. The fourth-order valence-electron chi connectivity index (χ4n) is 4.12. The Morgan fingerprint density at radius 2 is 1.44 bits per heavy atom. The van der Waals surface area contributed by atoms with Gasteiger partial charge in [-0.05, 0) is 88.2 Å². The standard InChI is InChI=1S/C29H48N8O6/c1-42-24-13-11-20(18-25(24)43-2)12-14-26(39)36-22(9-3-5-15-30)28(41)37-23(10-4-6-16-31)27(40)35-21(19-38)8-7-17-34-29(32)33/h11-14,18-19,21-23H,3-10,15-17,30-31H2,1-2H3,(H,35,40)(H,36,39)(H,37,41)(H4,32,33,34)/b14-12+/t21-,22-,23-/m0/s1. The van der Waals surface area contributed by atoms with E-state index < -0.39 is 35.8 Å². The molecule has 0 saturated carbocycles. The van der Waals surface area contributed by atoms with Crippen molar-refractivity contribution < 1.29 is 28.7 Å². The summed E-state index contributed by atoms with van der Waals surface area (Å²) in [6.07, 6.45) is 7.40. The maximum Gasteiger partial charge on any atom is 0.244 e. The number of carbonyl (C=O) groups excluding carboxylic acids is 4. The van der Waals surface area contributed by atoms with Crippen molar-refractivity contribution in [1.82, 2.24) is 16.0 Å². The molecule has 0 heterocycles. The van der Waals surface area contributed by atoms with Gasteiger partial charge in [-0.1, -0.05) is 6.07 Å². The van der Waals surface area contributed by atoms with Gasteiger partial charge >= 0.3 is 0 Å². The van der Waals surface area contributed by atoms with Crippen LogP contribution in [0, 0.1) is 0 Å². The van der Waals surface area contributed by atoms with E-state index in [2.05, 4.69) is 20.9 Å². The summed E-state index contributed by atoms with van der Waals surface area (Å²) in [6, 6.07) is 2.56. The minimum Gasteiger partial charge on any atom is -0.493 e. The van der Waals surface area contributed by atoms with Crippen LogP contribution >= 0.6 is 0 Å². The molecule has 0 saturated heterocycles. The molecule has 14 heteroatoms. The average molecular weight is 605 g/mol. The van der Waals surface area contributed by atoms with Gasteiger partial charge < -0.3 is 53.2 Å². The van der Waals surface area contributed by atoms with E-state index in [1.165, 1.54) is 20.3 Å². The third-order valence-corrected chi connectivity index (χ3v) is 6.45. The van der Waals surface area contributed by atoms with Gasteiger partial charge in [0.25, 0.3) is 0 Å². The zero-order chi connectivity index (χ0) is 32.0. The van der Waals surface area contributed by atoms with Crippen LogP contribution in [0.2, 0.25) is 0 Å². The summed E-state index contributed by atoms with van der Waals surface area (Å²) in [5.74, 6) is -0.518. The molecule has 3 atom stereocenters. The number of aliphatic imine (C=N–C) groups is 1. The third-order valence-electron chi connectivity index (χ3n) is 6.45. The molecule has 0 fully saturated rings. The van der Waals surface area contributed by atoms with Crippen molar-refractivity contribution in [2.75, 3.05) is 33.9 Å². The summed E-state index contributed by atoms with van der Waals surface area (Å²) in [4.78, 5) is 54.8. The number of guanidine groups is 1. The van der Waals surface area contributed by atoms with E-state index in [-0.39, 0.29) is 5.96 Å². The molecule has 1 aromatic carbocycles. The highest BCUT2D eigenvalue weighted by Gasteiger charge is 2.27. The van der Waals surface area contributed by atoms with Gasteiger partial charge in [0.2, 0.25) is 17.7 Å². The van der Waals surface area contributed by atoms with E-state index in [1.807, 2.05) is 0 Å². The Balaban J connectivity index is 2.98. The lowest BCUT2D eigenvalue weighted by Gasteiger charge is -2.24. The highest BCUT2D eigenvalue weighted by molar-refractivity contribution is 5.97. The summed E-state index contributed by atoms with van der Waals surface area (Å²) in [6.45, 7) is 1.17. The van der Waals surface area contributed by atoms with Crippen LogP contribution in [-0.2, 0) is 19.2 Å². The molecule has 0 aliphatic rings. The van der Waals surface area contributed by atoms with Crippen LogP contribution in [0.25, 0.3) is 6.08 Å². The average Bonchev–Trinajstić information content (AvgIpc) is 3.00. The molecule has 0 aromatic heterocycles. The number of unbranched alkanes of at least 4 members (excludes halogenated alkanes) is 2. The van der Waals surface area contributed by atoms with Crippen molar-refractivity contribution in [1.29, 1.82) is 0 Å². The number of nitrogens with two attached hydrogens (primary N) is 4. The fourth-order valence-corrected chi connectivity index (χ4v) is 4.12. The van der Waals surface area contributed by atoms with Gasteiger partial charge in [-0.2, -0.15) is 0 Å². The van der Waals surface area contributed by atoms with Crippen LogP contribution in [0.5, 0.6) is 11.5 Å². The second-order valence-corrected chi connectivity index (χ2v) is 9.84. The molecule has 0 radical (unpaired) electrons. The maximum atomic E-state index is 13.4. The first-order chi connectivity index (χ1) is 20.7. The SMILES string of the molecule is COc1ccc(/C=C/C(=O)N[C@@H](CCCCN)C(=O)N[C@@H](CCCCN)C(=O)N[C@H](C=O)CCCN=C(N)N)cc1OC. The van der Waals surface area contributed by atoms with E-state index in [0.29, 0.717) is 94.3 Å². The number of carbonyl (C=O) groups is 4. The number of amides is 3. The maximum absolute atomic E-state index is 13.4. The lowest BCUT2D eigenvalue weighted by atomic mass is 10.0. The van der Waals surface area contributed by atoms with E-state index in [0.717, 1.165) is 0 Å². The van der Waals surface area contributed by atoms with Crippen molar-refractivity contribution in [2.24, 2.45) is 27.9 Å². The normalized spacial score (nSPS) is 12.9. The largest absolute Gasteiger partial charge is 0.493 e. The van der Waals surface area contributed by atoms with E-state index in [9.17, 15) is 19.2 Å². The van der Waals surface area contributed by atoms with Crippen LogP contribution in [0.15, 0.2) is 29.3 Å². The molecule has 3 amide bonds. The number of ether oxygens (including phenoxy) is 2. The molecular formula is C29H48N8O6. The third kappa shape index (κ3) is 15.0. The molecule has 0 bridgehead atoms. The Labute approximate surface area is 253 Å².